The monoisotopic (exact) mass is 640 g/mol. The van der Waals surface area contributed by atoms with Crippen molar-refractivity contribution in [2.75, 3.05) is 16.3 Å². The SMILES string of the molecule is C=CCC(C(N)=O)C(CC1CCC1)C(=O)NC1CN(c2ccccc2)c2ccccc2N(Cc2cccc(-c3ccc(C)cc3)c2)C1=O. The van der Waals surface area contributed by atoms with E-state index in [-0.39, 0.29) is 18.4 Å². The number of fused-ring (bicyclic) bond motifs is 1. The van der Waals surface area contributed by atoms with Crippen LogP contribution in [0.5, 0.6) is 0 Å². The highest BCUT2D eigenvalue weighted by atomic mass is 16.2. The third kappa shape index (κ3) is 7.20. The Kier molecular flexibility index (Phi) is 10.0. The number of primary amides is 1. The van der Waals surface area contributed by atoms with E-state index < -0.39 is 23.8 Å². The van der Waals surface area contributed by atoms with Crippen LogP contribution in [0.2, 0.25) is 0 Å². The Labute approximate surface area is 283 Å². The molecule has 0 saturated heterocycles. The highest BCUT2D eigenvalue weighted by Crippen LogP contribution is 2.39. The van der Waals surface area contributed by atoms with Gasteiger partial charge < -0.3 is 20.9 Å². The lowest BCUT2D eigenvalue weighted by Gasteiger charge is -2.33. The van der Waals surface area contributed by atoms with Crippen molar-refractivity contribution < 1.29 is 14.4 Å². The number of allylic oxidation sites excluding steroid dienone is 1. The Bertz CT molecular complexity index is 1770. The number of nitrogens with one attached hydrogen (secondary N) is 1. The second kappa shape index (κ2) is 14.7. The highest BCUT2D eigenvalue weighted by molar-refractivity contribution is 6.04. The van der Waals surface area contributed by atoms with Crippen LogP contribution in [0, 0.1) is 24.7 Å². The fraction of sp³-hybridized carbons (Fsp3) is 0.293. The minimum Gasteiger partial charge on any atom is -0.369 e. The van der Waals surface area contributed by atoms with Crippen molar-refractivity contribution in [3.05, 3.63) is 127 Å². The molecule has 6 rings (SSSR count). The van der Waals surface area contributed by atoms with Crippen molar-refractivity contribution in [2.45, 2.75) is 51.6 Å². The number of para-hydroxylation sites is 3. The number of rotatable bonds is 12. The highest BCUT2D eigenvalue weighted by Gasteiger charge is 2.40. The molecular weight excluding hydrogens is 596 g/mol. The number of amides is 3. The second-order valence-corrected chi connectivity index (χ2v) is 13.2. The van der Waals surface area contributed by atoms with Crippen molar-refractivity contribution in [2.24, 2.45) is 23.5 Å². The summed E-state index contributed by atoms with van der Waals surface area (Å²) in [5, 5.41) is 3.14. The first-order valence-electron chi connectivity index (χ1n) is 16.9. The van der Waals surface area contributed by atoms with Crippen molar-refractivity contribution in [3.8, 4) is 11.1 Å². The zero-order valence-electron chi connectivity index (χ0n) is 27.6. The molecule has 1 fully saturated rings. The number of carbonyl (C=O) groups is 3. The molecule has 246 valence electrons. The van der Waals surface area contributed by atoms with Crippen LogP contribution < -0.4 is 20.9 Å². The van der Waals surface area contributed by atoms with Crippen molar-refractivity contribution in [3.63, 3.8) is 0 Å². The first-order chi connectivity index (χ1) is 23.3. The molecule has 1 heterocycles. The van der Waals surface area contributed by atoms with E-state index in [9.17, 15) is 14.4 Å². The smallest absolute Gasteiger partial charge is 0.251 e. The van der Waals surface area contributed by atoms with Crippen LogP contribution in [0.15, 0.2) is 116 Å². The average Bonchev–Trinajstić information content (AvgIpc) is 3.18. The van der Waals surface area contributed by atoms with Crippen LogP contribution in [0.3, 0.4) is 0 Å². The molecule has 4 aromatic rings. The van der Waals surface area contributed by atoms with Crippen LogP contribution in [0.4, 0.5) is 17.1 Å². The van der Waals surface area contributed by atoms with Crippen molar-refractivity contribution in [1.29, 1.82) is 0 Å². The summed E-state index contributed by atoms with van der Waals surface area (Å²) in [6.45, 7) is 6.43. The van der Waals surface area contributed by atoms with Gasteiger partial charge in [-0.2, -0.15) is 0 Å². The first-order valence-corrected chi connectivity index (χ1v) is 16.9. The van der Waals surface area contributed by atoms with E-state index in [4.69, 9.17) is 5.73 Å². The molecule has 3 atom stereocenters. The standard InChI is InChI=1S/C41H44N4O3/c1-3-11-34(39(42)46)35(25-29-12-9-13-29)40(47)43-36-27-44(33-16-5-4-6-17-33)37-18-7-8-19-38(37)45(41(36)48)26-30-14-10-15-32(24-30)31-22-20-28(2)21-23-31/h3-8,10,14-24,29,34-36H,1,9,11-13,25-27H2,2H3,(H2,42,46)(H,43,47). The van der Waals surface area contributed by atoms with Gasteiger partial charge in [0.25, 0.3) is 5.91 Å². The molecule has 4 aromatic carbocycles. The first kappa shape index (κ1) is 32.8. The lowest BCUT2D eigenvalue weighted by molar-refractivity contribution is -0.136. The molecule has 1 saturated carbocycles. The van der Waals surface area contributed by atoms with Gasteiger partial charge in [-0.05, 0) is 72.7 Å². The van der Waals surface area contributed by atoms with Crippen LogP contribution in [0.25, 0.3) is 11.1 Å². The van der Waals surface area contributed by atoms with Crippen LogP contribution in [-0.2, 0) is 20.9 Å². The average molecular weight is 641 g/mol. The van der Waals surface area contributed by atoms with Gasteiger partial charge in [-0.3, -0.25) is 14.4 Å². The molecule has 1 aliphatic carbocycles. The summed E-state index contributed by atoms with van der Waals surface area (Å²) >= 11 is 0. The van der Waals surface area contributed by atoms with Gasteiger partial charge in [0.2, 0.25) is 11.8 Å². The minimum absolute atomic E-state index is 0.211. The van der Waals surface area contributed by atoms with E-state index in [1.165, 1.54) is 5.56 Å². The Balaban J connectivity index is 1.37. The molecule has 0 aromatic heterocycles. The zero-order valence-corrected chi connectivity index (χ0v) is 27.6. The van der Waals surface area contributed by atoms with Gasteiger partial charge >= 0.3 is 0 Å². The van der Waals surface area contributed by atoms with E-state index in [1.807, 2.05) is 66.7 Å². The van der Waals surface area contributed by atoms with Gasteiger partial charge in [0.1, 0.15) is 6.04 Å². The van der Waals surface area contributed by atoms with E-state index in [0.717, 1.165) is 53.0 Å². The quantitative estimate of drug-likeness (QED) is 0.159. The number of hydrogen-bond donors (Lipinski definition) is 2. The van der Waals surface area contributed by atoms with Gasteiger partial charge in [-0.1, -0.05) is 104 Å². The van der Waals surface area contributed by atoms with Crippen LogP contribution in [-0.4, -0.2) is 30.3 Å². The van der Waals surface area contributed by atoms with Crippen LogP contribution in [0.1, 0.15) is 43.2 Å². The van der Waals surface area contributed by atoms with Gasteiger partial charge in [0.05, 0.1) is 36.3 Å². The molecular formula is C41H44N4O3. The summed E-state index contributed by atoms with van der Waals surface area (Å²) < 4.78 is 0. The van der Waals surface area contributed by atoms with E-state index in [0.29, 0.717) is 25.3 Å². The summed E-state index contributed by atoms with van der Waals surface area (Å²) in [6.07, 6.45) is 5.69. The van der Waals surface area contributed by atoms with Gasteiger partial charge in [-0.25, -0.2) is 0 Å². The molecule has 7 heteroatoms. The predicted octanol–water partition coefficient (Wildman–Crippen LogP) is 7.32. The molecule has 0 bridgehead atoms. The van der Waals surface area contributed by atoms with Gasteiger partial charge in [-0.15, -0.1) is 6.58 Å². The number of benzene rings is 4. The Hall–Kier alpha value is -5.17. The topological polar surface area (TPSA) is 95.7 Å². The number of nitrogens with two attached hydrogens (primary N) is 1. The normalized spacial score (nSPS) is 17.4. The van der Waals surface area contributed by atoms with Crippen molar-refractivity contribution >= 4 is 34.8 Å². The van der Waals surface area contributed by atoms with E-state index >= 15 is 0 Å². The molecule has 1 aliphatic heterocycles. The fourth-order valence-electron chi connectivity index (χ4n) is 6.97. The van der Waals surface area contributed by atoms with Crippen molar-refractivity contribution in [1.82, 2.24) is 5.32 Å². The maximum Gasteiger partial charge on any atom is 0.251 e. The largest absolute Gasteiger partial charge is 0.369 e. The Morgan fingerprint density at radius 2 is 1.60 bits per heavy atom. The number of anilines is 3. The summed E-state index contributed by atoms with van der Waals surface area (Å²) in [5.41, 5.74) is 12.7. The third-order valence-electron chi connectivity index (χ3n) is 9.85. The van der Waals surface area contributed by atoms with E-state index in [2.05, 4.69) is 60.1 Å². The maximum absolute atomic E-state index is 14.7. The van der Waals surface area contributed by atoms with Gasteiger partial charge in [0.15, 0.2) is 0 Å². The number of carbonyl (C=O) groups excluding carboxylic acids is 3. The summed E-state index contributed by atoms with van der Waals surface area (Å²) in [6, 6.07) is 33.6. The summed E-state index contributed by atoms with van der Waals surface area (Å²) in [4.78, 5) is 45.5. The lowest BCUT2D eigenvalue weighted by atomic mass is 9.74. The molecule has 3 unspecified atom stereocenters. The molecule has 0 radical (unpaired) electrons. The molecule has 3 N–H and O–H groups in total. The molecule has 7 nitrogen and oxygen atoms in total. The molecule has 48 heavy (non-hydrogen) atoms. The molecule has 2 aliphatic rings. The van der Waals surface area contributed by atoms with Gasteiger partial charge in [0, 0.05) is 5.69 Å². The Morgan fingerprint density at radius 3 is 2.27 bits per heavy atom. The number of hydrogen-bond acceptors (Lipinski definition) is 4. The minimum atomic E-state index is -0.883. The lowest BCUT2D eigenvalue weighted by Crippen LogP contribution is -2.54. The predicted molar refractivity (Wildman–Crippen MR) is 193 cm³/mol. The molecule has 0 spiro atoms. The van der Waals surface area contributed by atoms with Crippen LogP contribution >= 0.6 is 0 Å². The Morgan fingerprint density at radius 1 is 0.896 bits per heavy atom. The summed E-state index contributed by atoms with van der Waals surface area (Å²) in [5.74, 6) is -2.02. The molecule has 3 amide bonds. The second-order valence-electron chi connectivity index (χ2n) is 13.2. The fourth-order valence-corrected chi connectivity index (χ4v) is 6.97. The summed E-state index contributed by atoms with van der Waals surface area (Å²) in [7, 11) is 0. The number of nitrogens with zero attached hydrogens (tertiary/aromatic N) is 2. The number of aryl methyl sites for hydroxylation is 1. The maximum atomic E-state index is 14.7. The van der Waals surface area contributed by atoms with E-state index in [1.54, 1.807) is 11.0 Å². The zero-order chi connectivity index (χ0) is 33.6. The third-order valence-corrected chi connectivity index (χ3v) is 9.85.